The number of rotatable bonds is 4. The topological polar surface area (TPSA) is 55.6 Å². The summed E-state index contributed by atoms with van der Waals surface area (Å²) >= 11 is 0. The van der Waals surface area contributed by atoms with Gasteiger partial charge in [-0.2, -0.15) is 0 Å². The molecule has 1 rings (SSSR count). The second-order valence-corrected chi connectivity index (χ2v) is 5.12. The van der Waals surface area contributed by atoms with E-state index in [0.717, 1.165) is 19.4 Å². The molecule has 2 N–H and O–H groups in total. The lowest BCUT2D eigenvalue weighted by Crippen LogP contribution is -2.50. The third kappa shape index (κ3) is 3.46. The Balaban J connectivity index is 2.50. The summed E-state index contributed by atoms with van der Waals surface area (Å²) in [6, 6.07) is 0. The van der Waals surface area contributed by atoms with Crippen molar-refractivity contribution in [3.8, 4) is 0 Å². The van der Waals surface area contributed by atoms with E-state index >= 15 is 0 Å². The van der Waals surface area contributed by atoms with Crippen LogP contribution in [0.4, 0.5) is 0 Å². The van der Waals surface area contributed by atoms with Gasteiger partial charge in [-0.1, -0.05) is 6.92 Å². The van der Waals surface area contributed by atoms with Crippen LogP contribution in [-0.2, 0) is 9.53 Å². The molecule has 1 amide bonds. The number of hydrogen-bond acceptors (Lipinski definition) is 3. The molecule has 0 spiro atoms. The largest absolute Gasteiger partial charge is 0.377 e. The van der Waals surface area contributed by atoms with E-state index in [4.69, 9.17) is 10.5 Å². The van der Waals surface area contributed by atoms with E-state index in [2.05, 4.69) is 6.92 Å². The highest BCUT2D eigenvalue weighted by molar-refractivity contribution is 5.76. The standard InChI is InChI=1S/C12H24N2O2/c1-10(8-13)7-11(15)14-6-4-5-12(2,9-14)16-3/h10H,4-9,13H2,1-3H3. The van der Waals surface area contributed by atoms with E-state index in [0.29, 0.717) is 19.5 Å². The molecule has 0 saturated carbocycles. The summed E-state index contributed by atoms with van der Waals surface area (Å²) in [7, 11) is 1.72. The second-order valence-electron chi connectivity index (χ2n) is 5.12. The molecule has 0 aliphatic carbocycles. The number of nitrogens with two attached hydrogens (primary N) is 1. The lowest BCUT2D eigenvalue weighted by Gasteiger charge is -2.39. The summed E-state index contributed by atoms with van der Waals surface area (Å²) in [5.41, 5.74) is 5.37. The lowest BCUT2D eigenvalue weighted by molar-refractivity contribution is -0.140. The summed E-state index contributed by atoms with van der Waals surface area (Å²) in [5, 5.41) is 0. The Morgan fingerprint density at radius 2 is 2.31 bits per heavy atom. The van der Waals surface area contributed by atoms with Crippen LogP contribution in [0.15, 0.2) is 0 Å². The van der Waals surface area contributed by atoms with Crippen molar-refractivity contribution in [3.05, 3.63) is 0 Å². The predicted octanol–water partition coefficient (Wildman–Crippen LogP) is 0.999. The van der Waals surface area contributed by atoms with Crippen molar-refractivity contribution in [1.82, 2.24) is 4.90 Å². The van der Waals surface area contributed by atoms with Crippen LogP contribution in [0.1, 0.15) is 33.1 Å². The van der Waals surface area contributed by atoms with Crippen LogP contribution < -0.4 is 5.73 Å². The monoisotopic (exact) mass is 228 g/mol. The number of carbonyl (C=O) groups is 1. The maximum Gasteiger partial charge on any atom is 0.222 e. The smallest absolute Gasteiger partial charge is 0.222 e. The minimum atomic E-state index is -0.167. The van der Waals surface area contributed by atoms with Crippen LogP contribution in [0.2, 0.25) is 0 Å². The zero-order valence-electron chi connectivity index (χ0n) is 10.7. The summed E-state index contributed by atoms with van der Waals surface area (Å²) in [5.74, 6) is 0.476. The molecule has 0 aromatic carbocycles. The Labute approximate surface area is 98.1 Å². The van der Waals surface area contributed by atoms with Gasteiger partial charge >= 0.3 is 0 Å². The van der Waals surface area contributed by atoms with Crippen LogP contribution in [0.5, 0.6) is 0 Å². The van der Waals surface area contributed by atoms with Crippen LogP contribution in [0.25, 0.3) is 0 Å². The Kier molecular flexibility index (Phi) is 4.74. The molecule has 2 atom stereocenters. The van der Waals surface area contributed by atoms with E-state index < -0.39 is 0 Å². The Morgan fingerprint density at radius 1 is 1.62 bits per heavy atom. The first kappa shape index (κ1) is 13.5. The van der Waals surface area contributed by atoms with Crippen molar-refractivity contribution in [3.63, 3.8) is 0 Å². The number of amides is 1. The molecular formula is C12H24N2O2. The Bertz CT molecular complexity index is 245. The fraction of sp³-hybridized carbons (Fsp3) is 0.917. The van der Waals surface area contributed by atoms with E-state index in [1.165, 1.54) is 0 Å². The van der Waals surface area contributed by atoms with Crippen molar-refractivity contribution in [2.75, 3.05) is 26.7 Å². The molecule has 2 unspecified atom stereocenters. The molecule has 0 radical (unpaired) electrons. The molecule has 1 aliphatic rings. The van der Waals surface area contributed by atoms with E-state index in [-0.39, 0.29) is 17.4 Å². The lowest BCUT2D eigenvalue weighted by atomic mass is 9.94. The minimum absolute atomic E-state index is 0.167. The third-order valence-corrected chi connectivity index (χ3v) is 3.43. The molecule has 4 nitrogen and oxygen atoms in total. The van der Waals surface area contributed by atoms with Crippen molar-refractivity contribution in [2.24, 2.45) is 11.7 Å². The van der Waals surface area contributed by atoms with Crippen molar-refractivity contribution in [1.29, 1.82) is 0 Å². The number of methoxy groups -OCH3 is 1. The van der Waals surface area contributed by atoms with Crippen LogP contribution in [0, 0.1) is 5.92 Å². The third-order valence-electron chi connectivity index (χ3n) is 3.43. The van der Waals surface area contributed by atoms with Gasteiger partial charge in [-0.05, 0) is 32.2 Å². The van der Waals surface area contributed by atoms with Crippen LogP contribution in [-0.4, -0.2) is 43.2 Å². The minimum Gasteiger partial charge on any atom is -0.377 e. The van der Waals surface area contributed by atoms with Gasteiger partial charge in [0.2, 0.25) is 5.91 Å². The maximum absolute atomic E-state index is 12.0. The normalized spacial score (nSPS) is 27.9. The SMILES string of the molecule is COC1(C)CCCN(C(=O)CC(C)CN)C1. The predicted molar refractivity (Wildman–Crippen MR) is 64.1 cm³/mol. The molecular weight excluding hydrogens is 204 g/mol. The number of ether oxygens (including phenoxy) is 1. The Hall–Kier alpha value is -0.610. The van der Waals surface area contributed by atoms with E-state index in [1.807, 2.05) is 11.8 Å². The average Bonchev–Trinajstić information content (AvgIpc) is 2.29. The molecule has 0 aromatic rings. The number of nitrogens with zero attached hydrogens (tertiary/aromatic N) is 1. The first-order chi connectivity index (χ1) is 7.50. The highest BCUT2D eigenvalue weighted by Gasteiger charge is 2.32. The van der Waals surface area contributed by atoms with Gasteiger partial charge in [-0.3, -0.25) is 4.79 Å². The van der Waals surface area contributed by atoms with Gasteiger partial charge < -0.3 is 15.4 Å². The molecule has 1 heterocycles. The van der Waals surface area contributed by atoms with Gasteiger partial charge in [-0.25, -0.2) is 0 Å². The highest BCUT2D eigenvalue weighted by Crippen LogP contribution is 2.24. The summed E-state index contributed by atoms with van der Waals surface area (Å²) < 4.78 is 5.47. The van der Waals surface area contributed by atoms with Crippen LogP contribution >= 0.6 is 0 Å². The van der Waals surface area contributed by atoms with Gasteiger partial charge in [0.15, 0.2) is 0 Å². The van der Waals surface area contributed by atoms with Gasteiger partial charge in [-0.15, -0.1) is 0 Å². The molecule has 94 valence electrons. The van der Waals surface area contributed by atoms with E-state index in [9.17, 15) is 4.79 Å². The summed E-state index contributed by atoms with van der Waals surface area (Å²) in [6.45, 7) is 6.21. The van der Waals surface area contributed by atoms with Crippen molar-refractivity contribution in [2.45, 2.75) is 38.7 Å². The maximum atomic E-state index is 12.0. The average molecular weight is 228 g/mol. The molecule has 0 bridgehead atoms. The van der Waals surface area contributed by atoms with Crippen molar-refractivity contribution >= 4 is 5.91 Å². The zero-order chi connectivity index (χ0) is 12.2. The zero-order valence-corrected chi connectivity index (χ0v) is 10.7. The number of carbonyl (C=O) groups excluding carboxylic acids is 1. The van der Waals surface area contributed by atoms with Gasteiger partial charge in [0.25, 0.3) is 0 Å². The quantitative estimate of drug-likeness (QED) is 0.781. The number of hydrogen-bond donors (Lipinski definition) is 1. The molecule has 1 aliphatic heterocycles. The highest BCUT2D eigenvalue weighted by atomic mass is 16.5. The molecule has 4 heteroatoms. The fourth-order valence-electron chi connectivity index (χ4n) is 2.10. The molecule has 1 saturated heterocycles. The summed E-state index contributed by atoms with van der Waals surface area (Å²) in [6.07, 6.45) is 2.60. The summed E-state index contributed by atoms with van der Waals surface area (Å²) in [4.78, 5) is 13.9. The first-order valence-corrected chi connectivity index (χ1v) is 6.04. The van der Waals surface area contributed by atoms with Gasteiger partial charge in [0.05, 0.1) is 5.60 Å². The molecule has 1 fully saturated rings. The van der Waals surface area contributed by atoms with Crippen LogP contribution in [0.3, 0.4) is 0 Å². The van der Waals surface area contributed by atoms with Gasteiger partial charge in [0.1, 0.15) is 0 Å². The van der Waals surface area contributed by atoms with Crippen molar-refractivity contribution < 1.29 is 9.53 Å². The number of likely N-dealkylation sites (tertiary alicyclic amines) is 1. The Morgan fingerprint density at radius 3 is 2.88 bits per heavy atom. The first-order valence-electron chi connectivity index (χ1n) is 6.04. The fourth-order valence-corrected chi connectivity index (χ4v) is 2.10. The second kappa shape index (κ2) is 5.64. The van der Waals surface area contributed by atoms with E-state index in [1.54, 1.807) is 7.11 Å². The molecule has 0 aromatic heterocycles. The molecule has 16 heavy (non-hydrogen) atoms. The van der Waals surface area contributed by atoms with Gasteiger partial charge in [0, 0.05) is 26.6 Å². The number of piperidine rings is 1.